The van der Waals surface area contributed by atoms with Crippen molar-refractivity contribution in [3.8, 4) is 5.75 Å². The summed E-state index contributed by atoms with van der Waals surface area (Å²) < 4.78 is 21.4. The number of aromatic nitrogens is 2. The van der Waals surface area contributed by atoms with Crippen molar-refractivity contribution in [2.75, 3.05) is 13.7 Å². The van der Waals surface area contributed by atoms with Crippen LogP contribution in [0.25, 0.3) is 0 Å². The van der Waals surface area contributed by atoms with Crippen molar-refractivity contribution in [1.82, 2.24) is 15.1 Å². The molecular formula is C15H19BrFN3O. The summed E-state index contributed by atoms with van der Waals surface area (Å²) in [6.07, 6.45) is 2.65. The highest BCUT2D eigenvalue weighted by molar-refractivity contribution is 9.10. The molecule has 1 heterocycles. The lowest BCUT2D eigenvalue weighted by molar-refractivity contribution is 0.400. The van der Waals surface area contributed by atoms with Crippen LogP contribution in [0.4, 0.5) is 4.39 Å². The molecule has 1 atom stereocenters. The number of halogens is 2. The van der Waals surface area contributed by atoms with Gasteiger partial charge >= 0.3 is 0 Å². The number of ether oxygens (including phenoxy) is 1. The molecule has 2 aromatic rings. The van der Waals surface area contributed by atoms with E-state index in [9.17, 15) is 4.39 Å². The molecule has 114 valence electrons. The maximum atomic E-state index is 13.9. The van der Waals surface area contributed by atoms with Crippen molar-refractivity contribution in [3.63, 3.8) is 0 Å². The third-order valence-electron chi connectivity index (χ3n) is 3.32. The predicted molar refractivity (Wildman–Crippen MR) is 84.0 cm³/mol. The second-order valence-corrected chi connectivity index (χ2v) is 5.64. The topological polar surface area (TPSA) is 39.1 Å². The van der Waals surface area contributed by atoms with Crippen LogP contribution in [0.15, 0.2) is 28.9 Å². The first kappa shape index (κ1) is 16.0. The van der Waals surface area contributed by atoms with Crippen molar-refractivity contribution >= 4 is 15.9 Å². The fraction of sp³-hybridized carbons (Fsp3) is 0.400. The van der Waals surface area contributed by atoms with E-state index in [0.29, 0.717) is 10.2 Å². The summed E-state index contributed by atoms with van der Waals surface area (Å²) >= 11 is 3.18. The number of benzene rings is 1. The molecule has 0 aliphatic heterocycles. The number of nitrogens with one attached hydrogen (secondary N) is 1. The molecule has 0 bridgehead atoms. The fourth-order valence-electron chi connectivity index (χ4n) is 2.27. The predicted octanol–water partition coefficient (Wildman–Crippen LogP) is 3.42. The number of aryl methyl sites for hydroxylation is 1. The summed E-state index contributed by atoms with van der Waals surface area (Å²) in [6, 6.07) is 4.97. The lowest BCUT2D eigenvalue weighted by Crippen LogP contribution is -2.25. The van der Waals surface area contributed by atoms with Crippen molar-refractivity contribution in [1.29, 1.82) is 0 Å². The van der Waals surface area contributed by atoms with Crippen LogP contribution < -0.4 is 10.1 Å². The van der Waals surface area contributed by atoms with Crippen molar-refractivity contribution in [3.05, 3.63) is 45.9 Å². The minimum absolute atomic E-state index is 0.171. The van der Waals surface area contributed by atoms with Crippen molar-refractivity contribution < 1.29 is 9.13 Å². The lowest BCUT2D eigenvalue weighted by Gasteiger charge is -2.21. The van der Waals surface area contributed by atoms with Gasteiger partial charge in [0.1, 0.15) is 11.5 Å². The van der Waals surface area contributed by atoms with Gasteiger partial charge in [-0.2, -0.15) is 5.10 Å². The molecular weight excluding hydrogens is 337 g/mol. The highest BCUT2D eigenvalue weighted by Crippen LogP contribution is 2.31. The Bertz CT molecular complexity index is 615. The highest BCUT2D eigenvalue weighted by Gasteiger charge is 2.22. The molecule has 0 spiro atoms. The Balaban J connectivity index is 2.46. The summed E-state index contributed by atoms with van der Waals surface area (Å²) in [7, 11) is 3.47. The van der Waals surface area contributed by atoms with Gasteiger partial charge in [-0.3, -0.25) is 4.68 Å². The molecule has 1 N–H and O–H groups in total. The van der Waals surface area contributed by atoms with Gasteiger partial charge in [-0.25, -0.2) is 4.39 Å². The van der Waals surface area contributed by atoms with Crippen LogP contribution in [0.3, 0.4) is 0 Å². The van der Waals surface area contributed by atoms with E-state index in [0.717, 1.165) is 24.2 Å². The van der Waals surface area contributed by atoms with E-state index >= 15 is 0 Å². The summed E-state index contributed by atoms with van der Waals surface area (Å²) in [4.78, 5) is 0. The van der Waals surface area contributed by atoms with Gasteiger partial charge < -0.3 is 10.1 Å². The van der Waals surface area contributed by atoms with E-state index in [1.54, 1.807) is 24.1 Å². The highest BCUT2D eigenvalue weighted by atomic mass is 79.9. The Hall–Kier alpha value is -1.40. The van der Waals surface area contributed by atoms with Crippen LogP contribution >= 0.6 is 15.9 Å². The minimum atomic E-state index is -0.281. The van der Waals surface area contributed by atoms with Gasteiger partial charge in [0.05, 0.1) is 23.8 Å². The second kappa shape index (κ2) is 7.04. The van der Waals surface area contributed by atoms with Crippen LogP contribution in [0.2, 0.25) is 0 Å². The van der Waals surface area contributed by atoms with Crippen molar-refractivity contribution in [2.45, 2.75) is 19.4 Å². The first-order valence-corrected chi connectivity index (χ1v) is 7.62. The monoisotopic (exact) mass is 355 g/mol. The largest absolute Gasteiger partial charge is 0.493 e. The van der Waals surface area contributed by atoms with Gasteiger partial charge in [-0.15, -0.1) is 0 Å². The van der Waals surface area contributed by atoms with Crippen molar-refractivity contribution in [2.24, 2.45) is 7.05 Å². The quantitative estimate of drug-likeness (QED) is 0.862. The van der Waals surface area contributed by atoms with Crippen LogP contribution in [-0.4, -0.2) is 23.4 Å². The van der Waals surface area contributed by atoms with E-state index in [-0.39, 0.29) is 11.9 Å². The molecule has 1 aromatic carbocycles. The molecule has 0 saturated heterocycles. The Kier molecular flexibility index (Phi) is 5.36. The molecule has 0 aliphatic carbocycles. The number of rotatable bonds is 6. The summed E-state index contributed by atoms with van der Waals surface area (Å²) in [5.74, 6) is 0.409. The normalized spacial score (nSPS) is 12.4. The lowest BCUT2D eigenvalue weighted by atomic mass is 10.0. The Morgan fingerprint density at radius 3 is 2.86 bits per heavy atom. The molecule has 2 rings (SSSR count). The molecule has 1 aromatic heterocycles. The molecule has 21 heavy (non-hydrogen) atoms. The van der Waals surface area contributed by atoms with Crippen LogP contribution in [-0.2, 0) is 7.05 Å². The number of hydrogen-bond donors (Lipinski definition) is 1. The van der Waals surface area contributed by atoms with Crippen LogP contribution in [0.1, 0.15) is 30.6 Å². The maximum Gasteiger partial charge on any atom is 0.161 e. The van der Waals surface area contributed by atoms with Crippen LogP contribution in [0, 0.1) is 5.82 Å². The number of hydrogen-bond acceptors (Lipinski definition) is 3. The van der Waals surface area contributed by atoms with E-state index in [1.807, 2.05) is 13.1 Å². The zero-order chi connectivity index (χ0) is 15.4. The third kappa shape index (κ3) is 3.44. The molecule has 0 fully saturated rings. The van der Waals surface area contributed by atoms with E-state index in [1.165, 1.54) is 6.07 Å². The average molecular weight is 356 g/mol. The standard InChI is InChI=1S/C15H19BrFN3O/c1-4-7-18-14(10-5-6-11(16)12(17)8-10)15-13(21-3)9-19-20(15)2/h5-6,8-9,14,18H,4,7H2,1-3H3. The Labute approximate surface area is 132 Å². The molecule has 1 unspecified atom stereocenters. The van der Waals surface area contributed by atoms with Crippen LogP contribution in [0.5, 0.6) is 5.75 Å². The zero-order valence-electron chi connectivity index (χ0n) is 12.4. The van der Waals surface area contributed by atoms with Gasteiger partial charge in [-0.05, 0) is 46.6 Å². The van der Waals surface area contributed by atoms with E-state index in [2.05, 4.69) is 33.3 Å². The summed E-state index contributed by atoms with van der Waals surface area (Å²) in [5.41, 5.74) is 1.72. The number of nitrogens with zero attached hydrogens (tertiary/aromatic N) is 2. The average Bonchev–Trinajstić information content (AvgIpc) is 2.84. The molecule has 0 radical (unpaired) electrons. The van der Waals surface area contributed by atoms with E-state index in [4.69, 9.17) is 4.74 Å². The van der Waals surface area contributed by atoms with Gasteiger partial charge in [0.25, 0.3) is 0 Å². The summed E-state index contributed by atoms with van der Waals surface area (Å²) in [5, 5.41) is 7.66. The minimum Gasteiger partial charge on any atom is -0.493 e. The fourth-order valence-corrected chi connectivity index (χ4v) is 2.51. The third-order valence-corrected chi connectivity index (χ3v) is 3.96. The molecule has 0 amide bonds. The SMILES string of the molecule is CCCNC(c1ccc(Br)c(F)c1)c1c(OC)cnn1C. The molecule has 6 heteroatoms. The number of methoxy groups -OCH3 is 1. The van der Waals surface area contributed by atoms with Gasteiger partial charge in [-0.1, -0.05) is 13.0 Å². The zero-order valence-corrected chi connectivity index (χ0v) is 13.9. The maximum absolute atomic E-state index is 13.9. The van der Waals surface area contributed by atoms with Gasteiger partial charge in [0.15, 0.2) is 5.75 Å². The molecule has 0 aliphatic rings. The van der Waals surface area contributed by atoms with Gasteiger partial charge in [0, 0.05) is 7.05 Å². The van der Waals surface area contributed by atoms with E-state index < -0.39 is 0 Å². The first-order chi connectivity index (χ1) is 10.1. The molecule has 4 nitrogen and oxygen atoms in total. The summed E-state index contributed by atoms with van der Waals surface area (Å²) in [6.45, 7) is 2.91. The first-order valence-electron chi connectivity index (χ1n) is 6.82. The Morgan fingerprint density at radius 2 is 2.24 bits per heavy atom. The van der Waals surface area contributed by atoms with Gasteiger partial charge in [0.2, 0.25) is 0 Å². The second-order valence-electron chi connectivity index (χ2n) is 4.78. The Morgan fingerprint density at radius 1 is 1.48 bits per heavy atom. The smallest absolute Gasteiger partial charge is 0.161 e. The molecule has 0 saturated carbocycles.